The number of aromatic nitrogens is 3. The topological polar surface area (TPSA) is 77.4 Å². The molecule has 2 N–H and O–H groups in total. The van der Waals surface area contributed by atoms with Crippen molar-refractivity contribution in [3.8, 4) is 6.07 Å². The molecule has 1 saturated carbocycles. The van der Waals surface area contributed by atoms with Gasteiger partial charge in [-0.2, -0.15) is 10.4 Å². The Bertz CT molecular complexity index is 671. The first-order valence-electron chi connectivity index (χ1n) is 5.76. The van der Waals surface area contributed by atoms with E-state index < -0.39 is 5.82 Å². The van der Waals surface area contributed by atoms with Gasteiger partial charge in [0.25, 0.3) is 0 Å². The molecule has 2 aromatic heterocycles. The number of H-pyrrole nitrogens is 1. The van der Waals surface area contributed by atoms with Crippen LogP contribution in [0.4, 0.5) is 16.0 Å². The molecule has 0 saturated heterocycles. The van der Waals surface area contributed by atoms with E-state index in [1.165, 1.54) is 0 Å². The number of rotatable bonds is 3. The third-order valence-electron chi connectivity index (χ3n) is 2.91. The molecule has 0 aromatic carbocycles. The second-order valence-corrected chi connectivity index (χ2v) is 4.73. The molecule has 96 valence electrons. The van der Waals surface area contributed by atoms with Gasteiger partial charge in [0.2, 0.25) is 0 Å². The number of anilines is 2. The first-order valence-corrected chi connectivity index (χ1v) is 6.13. The fourth-order valence-corrected chi connectivity index (χ4v) is 1.94. The van der Waals surface area contributed by atoms with E-state index in [0.29, 0.717) is 11.7 Å². The highest BCUT2D eigenvalue weighted by Gasteiger charge is 2.25. The molecule has 1 aliphatic rings. The lowest BCUT2D eigenvalue weighted by Gasteiger charge is -2.04. The second kappa shape index (κ2) is 4.52. The van der Waals surface area contributed by atoms with Gasteiger partial charge in [0, 0.05) is 17.7 Å². The minimum atomic E-state index is -0.642. The Labute approximate surface area is 113 Å². The van der Waals surface area contributed by atoms with Gasteiger partial charge in [-0.05, 0) is 18.9 Å². The van der Waals surface area contributed by atoms with Crippen molar-refractivity contribution in [3.63, 3.8) is 0 Å². The van der Waals surface area contributed by atoms with Crippen LogP contribution in [0.5, 0.6) is 0 Å². The molecule has 0 unspecified atom stereocenters. The zero-order valence-corrected chi connectivity index (χ0v) is 10.5. The minimum absolute atomic E-state index is 0.00501. The molecule has 19 heavy (non-hydrogen) atoms. The zero-order valence-electron chi connectivity index (χ0n) is 9.74. The van der Waals surface area contributed by atoms with Crippen LogP contribution in [0, 0.1) is 17.1 Å². The molecule has 3 rings (SSSR count). The van der Waals surface area contributed by atoms with Crippen LogP contribution in [-0.2, 0) is 0 Å². The van der Waals surface area contributed by atoms with Crippen LogP contribution in [-0.4, -0.2) is 15.2 Å². The molecule has 1 fully saturated rings. The summed E-state index contributed by atoms with van der Waals surface area (Å²) in [5.41, 5.74) is 1.04. The highest BCUT2D eigenvalue weighted by molar-refractivity contribution is 6.30. The van der Waals surface area contributed by atoms with Gasteiger partial charge < -0.3 is 5.32 Å². The average Bonchev–Trinajstić information content (AvgIpc) is 3.14. The number of aromatic amines is 1. The van der Waals surface area contributed by atoms with Gasteiger partial charge in [-0.25, -0.2) is 9.37 Å². The molecular weight excluding hydrogens is 269 g/mol. The van der Waals surface area contributed by atoms with Crippen molar-refractivity contribution in [1.29, 1.82) is 5.26 Å². The Balaban J connectivity index is 1.85. The van der Waals surface area contributed by atoms with E-state index in [1.54, 1.807) is 6.07 Å². The number of pyridine rings is 1. The van der Waals surface area contributed by atoms with E-state index in [4.69, 9.17) is 16.9 Å². The van der Waals surface area contributed by atoms with E-state index in [9.17, 15) is 4.39 Å². The highest BCUT2D eigenvalue weighted by Crippen LogP contribution is 2.39. The second-order valence-electron chi connectivity index (χ2n) is 4.38. The van der Waals surface area contributed by atoms with Crippen molar-refractivity contribution in [2.24, 2.45) is 0 Å². The minimum Gasteiger partial charge on any atom is -0.321 e. The number of nitriles is 1. The van der Waals surface area contributed by atoms with Crippen LogP contribution in [0.2, 0.25) is 5.15 Å². The molecule has 0 radical (unpaired) electrons. The summed E-state index contributed by atoms with van der Waals surface area (Å²) in [5, 5.41) is 18.4. The van der Waals surface area contributed by atoms with Crippen molar-refractivity contribution in [1.82, 2.24) is 15.2 Å². The lowest BCUT2D eigenvalue weighted by molar-refractivity contribution is 0.625. The van der Waals surface area contributed by atoms with E-state index >= 15 is 0 Å². The largest absolute Gasteiger partial charge is 0.321 e. The highest BCUT2D eigenvalue weighted by atomic mass is 35.5. The third-order valence-corrected chi connectivity index (χ3v) is 3.20. The Hall–Kier alpha value is -2.13. The fraction of sp³-hybridized carbons (Fsp3) is 0.250. The molecule has 0 spiro atoms. The quantitative estimate of drug-likeness (QED) is 0.845. The van der Waals surface area contributed by atoms with Crippen LogP contribution in [0.15, 0.2) is 12.1 Å². The summed E-state index contributed by atoms with van der Waals surface area (Å²) in [6.45, 7) is 0. The number of nitrogens with zero attached hydrogens (tertiary/aromatic N) is 3. The molecule has 1 aliphatic carbocycles. The average molecular weight is 278 g/mol. The molecule has 0 bridgehead atoms. The molecular formula is C12H9ClFN5. The first-order chi connectivity index (χ1) is 9.17. The van der Waals surface area contributed by atoms with Crippen LogP contribution < -0.4 is 5.32 Å². The number of nitrogens with one attached hydrogen (secondary N) is 2. The van der Waals surface area contributed by atoms with E-state index in [0.717, 1.165) is 24.6 Å². The maximum absolute atomic E-state index is 13.7. The van der Waals surface area contributed by atoms with Gasteiger partial charge in [-0.1, -0.05) is 11.6 Å². The molecule has 0 amide bonds. The maximum atomic E-state index is 13.7. The summed E-state index contributed by atoms with van der Waals surface area (Å²) in [6, 6.07) is 4.64. The summed E-state index contributed by atoms with van der Waals surface area (Å²) in [4.78, 5) is 3.81. The molecule has 0 aliphatic heterocycles. The molecule has 2 aromatic rings. The van der Waals surface area contributed by atoms with Crippen molar-refractivity contribution < 1.29 is 4.39 Å². The van der Waals surface area contributed by atoms with Crippen LogP contribution >= 0.6 is 11.6 Å². The fourth-order valence-electron chi connectivity index (χ4n) is 1.76. The summed E-state index contributed by atoms with van der Waals surface area (Å²) in [5.74, 6) is 0.328. The van der Waals surface area contributed by atoms with Gasteiger partial charge in [0.15, 0.2) is 17.5 Å². The Morgan fingerprint density at radius 3 is 2.95 bits per heavy atom. The van der Waals surface area contributed by atoms with Crippen molar-refractivity contribution in [3.05, 3.63) is 34.4 Å². The smallest absolute Gasteiger partial charge is 0.169 e. The zero-order chi connectivity index (χ0) is 13.4. The van der Waals surface area contributed by atoms with Gasteiger partial charge in [0.1, 0.15) is 11.2 Å². The van der Waals surface area contributed by atoms with Gasteiger partial charge in [-0.15, -0.1) is 0 Å². The predicted octanol–water partition coefficient (Wildman–Crippen LogP) is 3.09. The van der Waals surface area contributed by atoms with Gasteiger partial charge in [0.05, 0.1) is 5.56 Å². The van der Waals surface area contributed by atoms with Gasteiger partial charge >= 0.3 is 0 Å². The van der Waals surface area contributed by atoms with Crippen LogP contribution in [0.1, 0.15) is 30.0 Å². The lowest BCUT2D eigenvalue weighted by Crippen LogP contribution is -1.99. The van der Waals surface area contributed by atoms with E-state index in [2.05, 4.69) is 20.5 Å². The Morgan fingerprint density at radius 1 is 1.47 bits per heavy atom. The third kappa shape index (κ3) is 2.37. The monoisotopic (exact) mass is 277 g/mol. The Kier molecular flexibility index (Phi) is 2.84. The Morgan fingerprint density at radius 2 is 2.26 bits per heavy atom. The summed E-state index contributed by atoms with van der Waals surface area (Å²) < 4.78 is 13.7. The van der Waals surface area contributed by atoms with Crippen LogP contribution in [0.25, 0.3) is 0 Å². The van der Waals surface area contributed by atoms with E-state index in [1.807, 2.05) is 6.07 Å². The molecule has 2 heterocycles. The normalized spacial score (nSPS) is 14.2. The maximum Gasteiger partial charge on any atom is 0.169 e. The standard InChI is InChI=1S/C12H9ClFN5/c13-11-7(5-15)3-8(14)12(17-11)16-10-4-9(18-19-10)6-1-2-6/h3-4,6H,1-2H2,(H2,16,17,18,19). The van der Waals surface area contributed by atoms with E-state index in [-0.39, 0.29) is 16.5 Å². The summed E-state index contributed by atoms with van der Waals surface area (Å²) in [6.07, 6.45) is 2.30. The van der Waals surface area contributed by atoms with Crippen LogP contribution in [0.3, 0.4) is 0 Å². The van der Waals surface area contributed by atoms with Gasteiger partial charge in [-0.3, -0.25) is 5.10 Å². The lowest BCUT2D eigenvalue weighted by atomic mass is 10.3. The van der Waals surface area contributed by atoms with Crippen molar-refractivity contribution >= 4 is 23.2 Å². The predicted molar refractivity (Wildman–Crippen MR) is 67.8 cm³/mol. The number of hydrogen-bond acceptors (Lipinski definition) is 4. The summed E-state index contributed by atoms with van der Waals surface area (Å²) >= 11 is 5.76. The summed E-state index contributed by atoms with van der Waals surface area (Å²) in [7, 11) is 0. The SMILES string of the molecule is N#Cc1cc(F)c(Nc2cc(C3CC3)[nH]n2)nc1Cl. The molecule has 0 atom stereocenters. The van der Waals surface area contributed by atoms with Crippen molar-refractivity contribution in [2.45, 2.75) is 18.8 Å². The molecule has 5 nitrogen and oxygen atoms in total. The van der Waals surface area contributed by atoms with Crippen molar-refractivity contribution in [2.75, 3.05) is 5.32 Å². The molecule has 7 heteroatoms. The first kappa shape index (κ1) is 11.9. The number of hydrogen-bond donors (Lipinski definition) is 2. The number of halogens is 2.